The van der Waals surface area contributed by atoms with Gasteiger partial charge in [-0.05, 0) is 52.5 Å². The normalized spacial score (nSPS) is 16.8. The quantitative estimate of drug-likeness (QED) is 0.198. The molecule has 0 unspecified atom stereocenters. The Morgan fingerprint density at radius 2 is 2.16 bits per heavy atom. The first-order valence-corrected chi connectivity index (χ1v) is 12.0. The van der Waals surface area contributed by atoms with Gasteiger partial charge in [-0.2, -0.15) is 4.98 Å². The molecule has 1 aliphatic carbocycles. The Morgan fingerprint density at radius 3 is 2.77 bits per heavy atom. The predicted molar refractivity (Wildman–Crippen MR) is 123 cm³/mol. The number of primary sulfonamides is 1. The van der Waals surface area contributed by atoms with Gasteiger partial charge in [0.05, 0.1) is 28.6 Å². The first-order chi connectivity index (χ1) is 14.5. The van der Waals surface area contributed by atoms with Crippen LogP contribution < -0.4 is 16.2 Å². The smallest absolute Gasteiger partial charge is 0.238 e. The Kier molecular flexibility index (Phi) is 9.13. The van der Waals surface area contributed by atoms with Gasteiger partial charge in [0.15, 0.2) is 5.88 Å². The molecule has 13 heteroatoms. The number of ether oxygens (including phenoxy) is 1. The molecule has 1 atom stereocenters. The first-order valence-electron chi connectivity index (χ1n) is 9.31. The van der Waals surface area contributed by atoms with Crippen LogP contribution in [0.1, 0.15) is 19.3 Å². The number of aliphatic hydroxyl groups excluding tert-OH is 1. The van der Waals surface area contributed by atoms with E-state index in [1.165, 1.54) is 18.3 Å². The average molecular weight is 538 g/mol. The topological polar surface area (TPSA) is 157 Å². The highest BCUT2D eigenvalue weighted by molar-refractivity contribution is 9.10. The monoisotopic (exact) mass is 536 g/mol. The zero-order valence-corrected chi connectivity index (χ0v) is 20.3. The van der Waals surface area contributed by atoms with Gasteiger partial charge < -0.3 is 25.8 Å². The highest BCUT2D eigenvalue weighted by Crippen LogP contribution is 2.29. The lowest BCUT2D eigenvalue weighted by Crippen LogP contribution is -2.26. The van der Waals surface area contributed by atoms with Crippen LogP contribution in [0, 0.1) is 0 Å². The van der Waals surface area contributed by atoms with Crippen molar-refractivity contribution in [1.82, 2.24) is 14.9 Å². The molecule has 1 aromatic heterocycles. The lowest BCUT2D eigenvalue weighted by Gasteiger charge is -2.25. The van der Waals surface area contributed by atoms with Gasteiger partial charge in [-0.3, -0.25) is 0 Å². The lowest BCUT2D eigenvalue weighted by molar-refractivity contribution is 0.130. The number of halogens is 2. The second kappa shape index (κ2) is 11.1. The second-order valence-corrected chi connectivity index (χ2v) is 9.74. The van der Waals surface area contributed by atoms with E-state index in [9.17, 15) is 13.5 Å². The summed E-state index contributed by atoms with van der Waals surface area (Å²) >= 11 is 9.15. The van der Waals surface area contributed by atoms with Crippen LogP contribution in [0.25, 0.3) is 0 Å². The molecule has 0 radical (unpaired) electrons. The van der Waals surface area contributed by atoms with Gasteiger partial charge in [0.1, 0.15) is 5.82 Å². The Hall–Kier alpha value is -1.86. The van der Waals surface area contributed by atoms with Crippen molar-refractivity contribution in [2.75, 3.05) is 32.6 Å². The molecule has 0 spiro atoms. The maximum absolute atomic E-state index is 12.0. The maximum atomic E-state index is 12.0. The molecule has 0 saturated heterocycles. The van der Waals surface area contributed by atoms with Crippen molar-refractivity contribution in [3.05, 3.63) is 50.2 Å². The number of aliphatic hydroxyl groups is 1. The minimum absolute atomic E-state index is 0.0224. The van der Waals surface area contributed by atoms with Crippen LogP contribution in [0.4, 0.5) is 5.82 Å². The van der Waals surface area contributed by atoms with Crippen molar-refractivity contribution in [3.8, 4) is 0 Å². The summed E-state index contributed by atoms with van der Waals surface area (Å²) in [5.74, 6) is 0.846. The minimum Gasteiger partial charge on any atom is -0.479 e. The highest BCUT2D eigenvalue weighted by atomic mass is 79.9. The van der Waals surface area contributed by atoms with Crippen molar-refractivity contribution in [2.45, 2.75) is 25.3 Å². The van der Waals surface area contributed by atoms with Crippen molar-refractivity contribution < 1.29 is 18.3 Å². The molecule has 0 saturated carbocycles. The van der Waals surface area contributed by atoms with E-state index in [4.69, 9.17) is 27.2 Å². The summed E-state index contributed by atoms with van der Waals surface area (Å²) in [5.41, 5.74) is 6.80. The van der Waals surface area contributed by atoms with E-state index in [0.29, 0.717) is 40.3 Å². The zero-order valence-electron chi connectivity index (χ0n) is 17.2. The van der Waals surface area contributed by atoms with Crippen LogP contribution >= 0.6 is 27.5 Å². The number of sulfonamides is 1. The van der Waals surface area contributed by atoms with E-state index in [2.05, 4.69) is 31.2 Å². The Labute approximate surface area is 195 Å². The van der Waals surface area contributed by atoms with Crippen molar-refractivity contribution in [1.29, 1.82) is 0 Å². The molecule has 172 valence electrons. The third-order valence-corrected chi connectivity index (χ3v) is 6.07. The van der Waals surface area contributed by atoms with Gasteiger partial charge in [0, 0.05) is 38.0 Å². The number of nitrogens with one attached hydrogen (secondary N) is 1. The van der Waals surface area contributed by atoms with Gasteiger partial charge in [0.2, 0.25) is 15.3 Å². The summed E-state index contributed by atoms with van der Waals surface area (Å²) in [6.45, 7) is 0.151. The summed E-state index contributed by atoms with van der Waals surface area (Å²) < 4.78 is 30.5. The molecular formula is C18H26BrClN6O4S. The van der Waals surface area contributed by atoms with Gasteiger partial charge in [-0.25, -0.2) is 18.5 Å². The van der Waals surface area contributed by atoms with Crippen molar-refractivity contribution in [2.24, 2.45) is 10.9 Å². The molecule has 10 nitrogen and oxygen atoms in total. The third kappa shape index (κ3) is 7.35. The van der Waals surface area contributed by atoms with Crippen molar-refractivity contribution in [3.63, 3.8) is 0 Å². The average Bonchev–Trinajstić information content (AvgIpc) is 2.68. The van der Waals surface area contributed by atoms with Gasteiger partial charge in [0.25, 0.3) is 0 Å². The zero-order chi connectivity index (χ0) is 23.2. The number of rotatable bonds is 10. The van der Waals surface area contributed by atoms with Crippen LogP contribution in [0.3, 0.4) is 0 Å². The summed E-state index contributed by atoms with van der Waals surface area (Å²) in [7, 11) is -0.457. The summed E-state index contributed by atoms with van der Waals surface area (Å²) in [6.07, 6.45) is 5.75. The van der Waals surface area contributed by atoms with Crippen LogP contribution in [0.2, 0.25) is 5.28 Å². The van der Waals surface area contributed by atoms with Gasteiger partial charge >= 0.3 is 0 Å². The molecule has 6 N–H and O–H groups in total. The number of hydrogen-bond acceptors (Lipinski definition) is 9. The standard InChI is InChI=1S/C18H26BrClN6O4S/c1-26(2)17(13-8-11(21)5-6-15(13)31(22,28)29)30-7-3-4-12(10-27)24-16-14(19)9-23-18(20)25-16/h5-6,9,12,27H,3-4,7-8,10,21H2,1-2H3,(H2,22,28,29)(H,23,24,25)/t12-/m0/s1. The van der Waals surface area contributed by atoms with E-state index in [1.54, 1.807) is 19.0 Å². The molecule has 31 heavy (non-hydrogen) atoms. The van der Waals surface area contributed by atoms with Crippen LogP contribution in [0.5, 0.6) is 0 Å². The number of allylic oxidation sites excluding steroid dienone is 4. The number of nitrogens with zero attached hydrogens (tertiary/aromatic N) is 3. The number of anilines is 1. The largest absolute Gasteiger partial charge is 0.479 e. The molecule has 2 rings (SSSR count). The summed E-state index contributed by atoms with van der Waals surface area (Å²) in [5, 5.41) is 18.2. The molecule has 1 aliphatic rings. The molecule has 0 bridgehead atoms. The van der Waals surface area contributed by atoms with Gasteiger partial charge in [-0.15, -0.1) is 0 Å². The van der Waals surface area contributed by atoms with Crippen LogP contribution in [-0.2, 0) is 14.8 Å². The fourth-order valence-corrected chi connectivity index (χ4v) is 4.11. The van der Waals surface area contributed by atoms with Crippen molar-refractivity contribution >= 4 is 43.4 Å². The predicted octanol–water partition coefficient (Wildman–Crippen LogP) is 1.65. The highest BCUT2D eigenvalue weighted by Gasteiger charge is 2.26. The number of hydrogen-bond donors (Lipinski definition) is 4. The fourth-order valence-electron chi connectivity index (χ4n) is 2.92. The first kappa shape index (κ1) is 25.4. The third-order valence-electron chi connectivity index (χ3n) is 4.31. The number of aromatic nitrogens is 2. The Morgan fingerprint density at radius 1 is 1.45 bits per heavy atom. The Balaban J connectivity index is 2.05. The molecule has 1 aromatic rings. The van der Waals surface area contributed by atoms with E-state index in [1.807, 2.05) is 0 Å². The number of nitrogens with two attached hydrogens (primary N) is 2. The van der Waals surface area contributed by atoms with E-state index in [0.717, 1.165) is 0 Å². The SMILES string of the molecule is CN(C)C(OCCC[C@@H](CO)Nc1nc(Cl)ncc1Br)=C1CC(N)=CC=C1S(N)(=O)=O. The Bertz CT molecular complexity index is 997. The van der Waals surface area contributed by atoms with E-state index in [-0.39, 0.29) is 35.9 Å². The van der Waals surface area contributed by atoms with Crippen LogP contribution in [0.15, 0.2) is 44.9 Å². The van der Waals surface area contributed by atoms with Gasteiger partial charge in [-0.1, -0.05) is 0 Å². The fraction of sp³-hybridized carbons (Fsp3) is 0.444. The summed E-state index contributed by atoms with van der Waals surface area (Å²) in [6, 6.07) is -0.297. The van der Waals surface area contributed by atoms with E-state index < -0.39 is 10.0 Å². The molecule has 0 amide bonds. The lowest BCUT2D eigenvalue weighted by atomic mass is 10.1. The second-order valence-electron chi connectivity index (χ2n) is 7.02. The van der Waals surface area contributed by atoms with Crippen LogP contribution in [-0.4, -0.2) is 61.7 Å². The maximum Gasteiger partial charge on any atom is 0.238 e. The molecule has 0 aliphatic heterocycles. The molecule has 1 heterocycles. The summed E-state index contributed by atoms with van der Waals surface area (Å²) in [4.78, 5) is 9.60. The molecular weight excluding hydrogens is 512 g/mol. The minimum atomic E-state index is -3.94. The molecule has 0 fully saturated rings. The molecule has 0 aromatic carbocycles. The van der Waals surface area contributed by atoms with E-state index >= 15 is 0 Å².